The van der Waals surface area contributed by atoms with Crippen molar-refractivity contribution in [2.45, 2.75) is 26.3 Å². The summed E-state index contributed by atoms with van der Waals surface area (Å²) in [5.41, 5.74) is 1.05. The number of rotatable bonds is 6. The van der Waals surface area contributed by atoms with E-state index in [-0.39, 0.29) is 5.56 Å². The van der Waals surface area contributed by atoms with Crippen LogP contribution in [0.3, 0.4) is 0 Å². The van der Waals surface area contributed by atoms with Gasteiger partial charge in [0.15, 0.2) is 0 Å². The second-order valence-corrected chi connectivity index (χ2v) is 3.85. The Kier molecular flexibility index (Phi) is 5.70. The topological polar surface area (TPSA) is 75.6 Å². The lowest BCUT2D eigenvalue weighted by molar-refractivity contribution is 0.0696. The zero-order valence-corrected chi connectivity index (χ0v) is 10.3. The lowest BCUT2D eigenvalue weighted by atomic mass is 10.1. The Bertz CT molecular complexity index is 400. The van der Waals surface area contributed by atoms with Crippen LogP contribution in [-0.2, 0) is 11.3 Å². The molecule has 0 unspecified atom stereocenters. The average Bonchev–Trinajstić information content (AvgIpc) is 2.37. The summed E-state index contributed by atoms with van der Waals surface area (Å²) in [6, 6.07) is 6.33. The van der Waals surface area contributed by atoms with Crippen molar-refractivity contribution in [3.8, 4) is 0 Å². The summed E-state index contributed by atoms with van der Waals surface area (Å²) in [6.07, 6.45) is 1.37. The number of carboxylic acids is 1. The summed E-state index contributed by atoms with van der Waals surface area (Å²) in [7, 11) is 0. The molecule has 0 atom stereocenters. The maximum Gasteiger partial charge on any atom is 0.407 e. The molecule has 0 heterocycles. The van der Waals surface area contributed by atoms with Gasteiger partial charge in [0, 0.05) is 6.54 Å². The Morgan fingerprint density at radius 3 is 2.50 bits per heavy atom. The largest absolute Gasteiger partial charge is 0.478 e. The second kappa shape index (κ2) is 7.32. The minimum atomic E-state index is -0.964. The highest BCUT2D eigenvalue weighted by Gasteiger charge is 2.03. The van der Waals surface area contributed by atoms with Gasteiger partial charge in [-0.05, 0) is 24.1 Å². The van der Waals surface area contributed by atoms with Crippen LogP contribution in [0.4, 0.5) is 4.79 Å². The Morgan fingerprint density at radius 1 is 1.28 bits per heavy atom. The van der Waals surface area contributed by atoms with E-state index >= 15 is 0 Å². The van der Waals surface area contributed by atoms with E-state index in [1.54, 1.807) is 12.1 Å². The van der Waals surface area contributed by atoms with E-state index in [0.717, 1.165) is 18.4 Å². The molecule has 18 heavy (non-hydrogen) atoms. The third kappa shape index (κ3) is 4.86. The van der Waals surface area contributed by atoms with E-state index in [4.69, 9.17) is 9.84 Å². The van der Waals surface area contributed by atoms with E-state index in [9.17, 15) is 9.59 Å². The van der Waals surface area contributed by atoms with Crippen LogP contribution >= 0.6 is 0 Å². The van der Waals surface area contributed by atoms with Crippen molar-refractivity contribution >= 4 is 12.1 Å². The third-order valence-corrected chi connectivity index (χ3v) is 2.37. The molecule has 0 radical (unpaired) electrons. The zero-order chi connectivity index (χ0) is 13.4. The minimum Gasteiger partial charge on any atom is -0.478 e. The summed E-state index contributed by atoms with van der Waals surface area (Å²) in [5, 5.41) is 11.3. The predicted molar refractivity (Wildman–Crippen MR) is 66.5 cm³/mol. The summed E-state index contributed by atoms with van der Waals surface area (Å²) < 4.78 is 4.92. The molecule has 0 spiro atoms. The molecule has 1 amide bonds. The number of carboxylic acid groups (broad SMARTS) is 1. The third-order valence-electron chi connectivity index (χ3n) is 2.37. The number of carbonyl (C=O) groups is 2. The number of aromatic carboxylic acids is 1. The standard InChI is InChI=1S/C13H17NO4/c1-2-3-8-18-13(17)14-9-10-4-6-11(7-5-10)12(15)16/h4-7H,2-3,8-9H2,1H3,(H,14,17)(H,15,16). The van der Waals surface area contributed by atoms with Gasteiger partial charge >= 0.3 is 12.1 Å². The fourth-order valence-electron chi connectivity index (χ4n) is 1.30. The minimum absolute atomic E-state index is 0.226. The smallest absolute Gasteiger partial charge is 0.407 e. The van der Waals surface area contributed by atoms with Gasteiger partial charge in [-0.1, -0.05) is 25.5 Å². The molecule has 1 aromatic carbocycles. The Hall–Kier alpha value is -2.04. The summed E-state index contributed by atoms with van der Waals surface area (Å²) in [4.78, 5) is 21.9. The molecule has 0 saturated heterocycles. The van der Waals surface area contributed by atoms with E-state index in [1.165, 1.54) is 12.1 Å². The number of unbranched alkanes of at least 4 members (excludes halogenated alkanes) is 1. The number of nitrogens with one attached hydrogen (secondary N) is 1. The molecule has 1 aromatic rings. The number of benzene rings is 1. The van der Waals surface area contributed by atoms with Gasteiger partial charge in [0.1, 0.15) is 0 Å². The summed E-state index contributed by atoms with van der Waals surface area (Å²) in [5.74, 6) is -0.964. The van der Waals surface area contributed by atoms with Crippen molar-refractivity contribution in [1.82, 2.24) is 5.32 Å². The molecule has 98 valence electrons. The van der Waals surface area contributed by atoms with Crippen molar-refractivity contribution in [2.24, 2.45) is 0 Å². The van der Waals surface area contributed by atoms with Crippen molar-refractivity contribution in [3.63, 3.8) is 0 Å². The molecule has 5 nitrogen and oxygen atoms in total. The van der Waals surface area contributed by atoms with Gasteiger partial charge in [0.25, 0.3) is 0 Å². The van der Waals surface area contributed by atoms with Crippen LogP contribution < -0.4 is 5.32 Å². The van der Waals surface area contributed by atoms with E-state index in [1.807, 2.05) is 6.92 Å². The maximum atomic E-state index is 11.2. The fraction of sp³-hybridized carbons (Fsp3) is 0.385. The number of ether oxygens (including phenoxy) is 1. The zero-order valence-electron chi connectivity index (χ0n) is 10.3. The highest BCUT2D eigenvalue weighted by molar-refractivity contribution is 5.87. The summed E-state index contributed by atoms with van der Waals surface area (Å²) in [6.45, 7) is 2.76. The molecule has 5 heteroatoms. The van der Waals surface area contributed by atoms with E-state index in [0.29, 0.717) is 13.2 Å². The number of hydrogen-bond donors (Lipinski definition) is 2. The number of carbonyl (C=O) groups excluding carboxylic acids is 1. The highest BCUT2D eigenvalue weighted by atomic mass is 16.5. The SMILES string of the molecule is CCCCOC(=O)NCc1ccc(C(=O)O)cc1. The first-order chi connectivity index (χ1) is 8.63. The molecular formula is C13H17NO4. The van der Waals surface area contributed by atoms with Crippen LogP contribution in [-0.4, -0.2) is 23.8 Å². The fourth-order valence-corrected chi connectivity index (χ4v) is 1.30. The van der Waals surface area contributed by atoms with Gasteiger partial charge < -0.3 is 15.2 Å². The first kappa shape index (κ1) is 14.0. The van der Waals surface area contributed by atoms with Gasteiger partial charge in [-0.15, -0.1) is 0 Å². The Morgan fingerprint density at radius 2 is 1.94 bits per heavy atom. The molecule has 0 aliphatic heterocycles. The molecule has 0 saturated carbocycles. The van der Waals surface area contributed by atoms with Gasteiger partial charge in [-0.3, -0.25) is 0 Å². The first-order valence-electron chi connectivity index (χ1n) is 5.86. The molecule has 0 bridgehead atoms. The molecule has 1 rings (SSSR count). The van der Waals surface area contributed by atoms with Crippen LogP contribution in [0.25, 0.3) is 0 Å². The Labute approximate surface area is 106 Å². The van der Waals surface area contributed by atoms with Crippen LogP contribution in [0.5, 0.6) is 0 Å². The first-order valence-corrected chi connectivity index (χ1v) is 5.86. The average molecular weight is 251 g/mol. The van der Waals surface area contributed by atoms with Crippen molar-refractivity contribution in [1.29, 1.82) is 0 Å². The van der Waals surface area contributed by atoms with E-state index in [2.05, 4.69) is 5.32 Å². The van der Waals surface area contributed by atoms with Crippen LogP contribution in [0.1, 0.15) is 35.7 Å². The van der Waals surface area contributed by atoms with Crippen molar-refractivity contribution in [2.75, 3.05) is 6.61 Å². The van der Waals surface area contributed by atoms with Crippen LogP contribution in [0, 0.1) is 0 Å². The maximum absolute atomic E-state index is 11.2. The van der Waals surface area contributed by atoms with Gasteiger partial charge in [0.2, 0.25) is 0 Å². The molecule has 0 fully saturated rings. The normalized spacial score (nSPS) is 9.83. The summed E-state index contributed by atoms with van der Waals surface area (Å²) >= 11 is 0. The number of amides is 1. The highest BCUT2D eigenvalue weighted by Crippen LogP contribution is 2.04. The lowest BCUT2D eigenvalue weighted by Gasteiger charge is -2.06. The van der Waals surface area contributed by atoms with Crippen molar-refractivity contribution < 1.29 is 19.4 Å². The molecule has 0 aliphatic rings. The molecule has 0 aliphatic carbocycles. The van der Waals surface area contributed by atoms with Crippen molar-refractivity contribution in [3.05, 3.63) is 35.4 Å². The van der Waals surface area contributed by atoms with Gasteiger partial charge in [0.05, 0.1) is 12.2 Å². The second-order valence-electron chi connectivity index (χ2n) is 3.85. The lowest BCUT2D eigenvalue weighted by Crippen LogP contribution is -2.24. The molecule has 0 aromatic heterocycles. The monoisotopic (exact) mass is 251 g/mol. The number of hydrogen-bond acceptors (Lipinski definition) is 3. The molecule has 2 N–H and O–H groups in total. The predicted octanol–water partition coefficient (Wildman–Crippen LogP) is 2.41. The van der Waals surface area contributed by atoms with E-state index < -0.39 is 12.1 Å². The quantitative estimate of drug-likeness (QED) is 0.761. The number of alkyl carbamates (subject to hydrolysis) is 1. The van der Waals surface area contributed by atoms with Gasteiger partial charge in [-0.2, -0.15) is 0 Å². The van der Waals surface area contributed by atoms with Gasteiger partial charge in [-0.25, -0.2) is 9.59 Å². The Balaban J connectivity index is 2.34. The van der Waals surface area contributed by atoms with Crippen LogP contribution in [0.2, 0.25) is 0 Å². The molecular weight excluding hydrogens is 234 g/mol. The van der Waals surface area contributed by atoms with Crippen LogP contribution in [0.15, 0.2) is 24.3 Å².